The predicted molar refractivity (Wildman–Crippen MR) is 158 cm³/mol. The van der Waals surface area contributed by atoms with Crippen LogP contribution in [0.25, 0.3) is 16.9 Å². The zero-order chi connectivity index (χ0) is 27.5. The number of hydrogen-bond donors (Lipinski definition) is 2. The van der Waals surface area contributed by atoms with Crippen LogP contribution < -0.4 is 10.1 Å². The number of nitrogens with zero attached hydrogens (tertiary/aromatic N) is 4. The molecule has 1 amide bonds. The minimum absolute atomic E-state index is 0.0227. The fraction of sp³-hybridized carbons (Fsp3) is 0.194. The van der Waals surface area contributed by atoms with Crippen LogP contribution in [0.4, 0.5) is 5.82 Å². The van der Waals surface area contributed by atoms with Gasteiger partial charge in [-0.15, -0.1) is 0 Å². The van der Waals surface area contributed by atoms with Gasteiger partial charge in [0.2, 0.25) is 0 Å². The number of para-hydroxylation sites is 2. The number of likely N-dealkylation sites (tertiary alicyclic amines) is 1. The van der Waals surface area contributed by atoms with Crippen LogP contribution in [0.15, 0.2) is 95.6 Å². The van der Waals surface area contributed by atoms with Gasteiger partial charge in [-0.3, -0.25) is 4.79 Å². The molecule has 0 aliphatic carbocycles. The minimum atomic E-state index is 0.0227. The lowest BCUT2D eigenvalue weighted by Gasteiger charge is -2.32. The molecule has 8 nitrogen and oxygen atoms in total. The number of phenolic OH excluding ortho intramolecular Hbond substituents is 1. The average molecular weight is 599 g/mol. The molecule has 202 valence electrons. The van der Waals surface area contributed by atoms with Crippen LogP contribution in [0.2, 0.25) is 0 Å². The highest BCUT2D eigenvalue weighted by Gasteiger charge is 2.24. The molecule has 6 rings (SSSR count). The zero-order valence-electron chi connectivity index (χ0n) is 21.7. The lowest BCUT2D eigenvalue weighted by atomic mass is 9.96. The van der Waals surface area contributed by atoms with Crippen molar-refractivity contribution in [2.24, 2.45) is 5.92 Å². The number of aromatic hydroxyl groups is 1. The summed E-state index contributed by atoms with van der Waals surface area (Å²) in [5.74, 6) is 2.77. The van der Waals surface area contributed by atoms with Gasteiger partial charge in [0.15, 0.2) is 5.65 Å². The molecule has 1 aliphatic rings. The highest BCUT2D eigenvalue weighted by molar-refractivity contribution is 9.10. The Morgan fingerprint density at radius 3 is 2.52 bits per heavy atom. The lowest BCUT2D eigenvalue weighted by molar-refractivity contribution is 0.0694. The SMILES string of the molecule is O=C(c1cccc(Oc2ccccc2)c1)N1CCC(CNc2cc(-c3ccccc3O)nc3c(Br)cnn23)CC1. The molecule has 3 heterocycles. The predicted octanol–water partition coefficient (Wildman–Crippen LogP) is 6.62. The Hall–Kier alpha value is -4.37. The third kappa shape index (κ3) is 5.51. The van der Waals surface area contributed by atoms with Crippen LogP contribution in [-0.4, -0.2) is 50.1 Å². The van der Waals surface area contributed by atoms with Gasteiger partial charge in [-0.2, -0.15) is 9.61 Å². The van der Waals surface area contributed by atoms with Gasteiger partial charge in [-0.25, -0.2) is 4.98 Å². The number of benzene rings is 3. The average Bonchev–Trinajstić information content (AvgIpc) is 3.37. The molecule has 0 spiro atoms. The molecule has 3 aromatic carbocycles. The molecule has 40 heavy (non-hydrogen) atoms. The standard InChI is InChI=1S/C31H28BrN5O3/c32-26-20-34-37-29(18-27(35-30(26)37)25-11-4-5-12-28(25)38)33-19-21-13-15-36(16-14-21)31(39)22-7-6-10-24(17-22)40-23-8-2-1-3-9-23/h1-12,17-18,20-21,33,38H,13-16,19H2. The number of phenols is 1. The molecule has 2 aromatic heterocycles. The number of piperidine rings is 1. The lowest BCUT2D eigenvalue weighted by Crippen LogP contribution is -2.40. The summed E-state index contributed by atoms with van der Waals surface area (Å²) < 4.78 is 8.45. The Balaban J connectivity index is 1.10. The quantitative estimate of drug-likeness (QED) is 0.219. The molecular weight excluding hydrogens is 570 g/mol. The second-order valence-electron chi connectivity index (χ2n) is 9.83. The summed E-state index contributed by atoms with van der Waals surface area (Å²) in [5, 5.41) is 18.4. The largest absolute Gasteiger partial charge is 0.507 e. The number of aromatic nitrogens is 3. The van der Waals surface area contributed by atoms with Crippen LogP contribution in [-0.2, 0) is 0 Å². The van der Waals surface area contributed by atoms with Gasteiger partial charge in [0.1, 0.15) is 23.1 Å². The van der Waals surface area contributed by atoms with Crippen LogP contribution in [0, 0.1) is 5.92 Å². The molecule has 1 aliphatic heterocycles. The molecule has 1 saturated heterocycles. The maximum Gasteiger partial charge on any atom is 0.253 e. The number of nitrogens with one attached hydrogen (secondary N) is 1. The molecule has 1 fully saturated rings. The first-order valence-electron chi connectivity index (χ1n) is 13.2. The topological polar surface area (TPSA) is 92.0 Å². The van der Waals surface area contributed by atoms with E-state index in [2.05, 4.69) is 26.3 Å². The van der Waals surface area contributed by atoms with E-state index in [1.807, 2.05) is 77.7 Å². The van der Waals surface area contributed by atoms with E-state index >= 15 is 0 Å². The molecule has 2 N–H and O–H groups in total. The number of fused-ring (bicyclic) bond motifs is 1. The Morgan fingerprint density at radius 2 is 1.73 bits per heavy atom. The minimum Gasteiger partial charge on any atom is -0.507 e. The summed E-state index contributed by atoms with van der Waals surface area (Å²) in [4.78, 5) is 19.9. The van der Waals surface area contributed by atoms with Crippen molar-refractivity contribution in [1.29, 1.82) is 0 Å². The third-order valence-corrected chi connectivity index (χ3v) is 7.70. The number of carbonyl (C=O) groups excluding carboxylic acids is 1. The summed E-state index contributed by atoms with van der Waals surface area (Å²) in [6, 6.07) is 26.0. The molecule has 0 bridgehead atoms. The Kier molecular flexibility index (Phi) is 7.37. The fourth-order valence-corrected chi connectivity index (χ4v) is 5.33. The fourth-order valence-electron chi connectivity index (χ4n) is 4.98. The summed E-state index contributed by atoms with van der Waals surface area (Å²) in [5.41, 5.74) is 2.62. The van der Waals surface area contributed by atoms with E-state index in [0.717, 1.165) is 35.4 Å². The van der Waals surface area contributed by atoms with E-state index in [1.54, 1.807) is 22.8 Å². The molecule has 0 atom stereocenters. The van der Waals surface area contributed by atoms with E-state index in [0.29, 0.717) is 47.2 Å². The second-order valence-corrected chi connectivity index (χ2v) is 10.7. The first kappa shape index (κ1) is 25.9. The molecule has 5 aromatic rings. The Bertz CT molecular complexity index is 1650. The number of hydrogen-bond acceptors (Lipinski definition) is 6. The van der Waals surface area contributed by atoms with Gasteiger partial charge < -0.3 is 20.1 Å². The highest BCUT2D eigenvalue weighted by Crippen LogP contribution is 2.31. The molecule has 0 unspecified atom stereocenters. The zero-order valence-corrected chi connectivity index (χ0v) is 23.3. The van der Waals surface area contributed by atoms with Crippen molar-refractivity contribution >= 4 is 33.3 Å². The number of amides is 1. The van der Waals surface area contributed by atoms with E-state index in [4.69, 9.17) is 9.72 Å². The van der Waals surface area contributed by atoms with Crippen molar-refractivity contribution in [2.75, 3.05) is 25.0 Å². The van der Waals surface area contributed by atoms with Crippen molar-refractivity contribution in [2.45, 2.75) is 12.8 Å². The van der Waals surface area contributed by atoms with Crippen LogP contribution in [0.3, 0.4) is 0 Å². The number of rotatable bonds is 7. The maximum absolute atomic E-state index is 13.3. The van der Waals surface area contributed by atoms with E-state index < -0.39 is 0 Å². The Labute approximate surface area is 240 Å². The van der Waals surface area contributed by atoms with E-state index in [9.17, 15) is 9.90 Å². The monoisotopic (exact) mass is 597 g/mol. The smallest absolute Gasteiger partial charge is 0.253 e. The van der Waals surface area contributed by atoms with Crippen LogP contribution in [0.1, 0.15) is 23.2 Å². The summed E-state index contributed by atoms with van der Waals surface area (Å²) in [6.07, 6.45) is 3.50. The van der Waals surface area contributed by atoms with Crippen molar-refractivity contribution in [3.63, 3.8) is 0 Å². The highest BCUT2D eigenvalue weighted by atomic mass is 79.9. The summed E-state index contributed by atoms with van der Waals surface area (Å²) in [7, 11) is 0. The third-order valence-electron chi connectivity index (χ3n) is 7.14. The van der Waals surface area contributed by atoms with Crippen molar-refractivity contribution in [3.05, 3.63) is 101 Å². The number of ether oxygens (including phenoxy) is 1. The van der Waals surface area contributed by atoms with Crippen LogP contribution in [0.5, 0.6) is 17.2 Å². The molecule has 9 heteroatoms. The molecular formula is C31H28BrN5O3. The van der Waals surface area contributed by atoms with Gasteiger partial charge in [-0.05, 0) is 77.2 Å². The van der Waals surface area contributed by atoms with Crippen molar-refractivity contribution in [3.8, 4) is 28.5 Å². The summed E-state index contributed by atoms with van der Waals surface area (Å²) >= 11 is 3.53. The van der Waals surface area contributed by atoms with Crippen molar-refractivity contribution < 1.29 is 14.6 Å². The Morgan fingerprint density at radius 1 is 0.975 bits per heavy atom. The molecule has 0 radical (unpaired) electrons. The number of anilines is 1. The second kappa shape index (κ2) is 11.4. The van der Waals surface area contributed by atoms with Gasteiger partial charge in [0, 0.05) is 36.8 Å². The normalized spacial score (nSPS) is 13.9. The first-order valence-corrected chi connectivity index (χ1v) is 14.0. The summed E-state index contributed by atoms with van der Waals surface area (Å²) in [6.45, 7) is 2.12. The van der Waals surface area contributed by atoms with E-state index in [1.165, 1.54) is 0 Å². The molecule has 0 saturated carbocycles. The van der Waals surface area contributed by atoms with Gasteiger partial charge in [0.25, 0.3) is 5.91 Å². The van der Waals surface area contributed by atoms with Crippen molar-refractivity contribution in [1.82, 2.24) is 19.5 Å². The van der Waals surface area contributed by atoms with Crippen LogP contribution >= 0.6 is 15.9 Å². The number of carbonyl (C=O) groups is 1. The van der Waals surface area contributed by atoms with E-state index in [-0.39, 0.29) is 11.7 Å². The number of halogens is 1. The van der Waals surface area contributed by atoms with Gasteiger partial charge in [-0.1, -0.05) is 36.4 Å². The van der Waals surface area contributed by atoms with Gasteiger partial charge in [0.05, 0.1) is 16.4 Å². The first-order chi connectivity index (χ1) is 19.5. The maximum atomic E-state index is 13.3. The van der Waals surface area contributed by atoms with Gasteiger partial charge >= 0.3 is 0 Å².